The fraction of sp³-hybridized carbons (Fsp3) is 0.562. The predicted molar refractivity (Wildman–Crippen MR) is 77.4 cm³/mol. The number of hydrogen-bond acceptors (Lipinski definition) is 3. The quantitative estimate of drug-likeness (QED) is 0.916. The molecule has 4 nitrogen and oxygen atoms in total. The number of hydrogen-bond donors (Lipinski definition) is 1. The van der Waals surface area contributed by atoms with Crippen molar-refractivity contribution in [3.05, 3.63) is 29.8 Å². The number of methoxy groups -OCH3 is 1. The summed E-state index contributed by atoms with van der Waals surface area (Å²) in [5, 5.41) is 3.47. The minimum absolute atomic E-state index is 0.0569. The first-order valence-corrected chi connectivity index (χ1v) is 7.38. The molecule has 1 N–H and O–H groups in total. The van der Waals surface area contributed by atoms with E-state index in [1.807, 2.05) is 29.2 Å². The Morgan fingerprint density at radius 2 is 2.10 bits per heavy atom. The van der Waals surface area contributed by atoms with Crippen molar-refractivity contribution in [1.82, 2.24) is 10.2 Å². The van der Waals surface area contributed by atoms with Gasteiger partial charge >= 0.3 is 0 Å². The highest BCUT2D eigenvalue weighted by Crippen LogP contribution is 2.43. The minimum atomic E-state index is -0.0716. The van der Waals surface area contributed by atoms with E-state index < -0.39 is 0 Å². The molecule has 1 aromatic rings. The zero-order valence-electron chi connectivity index (χ0n) is 12.3. The molecule has 1 amide bonds. The van der Waals surface area contributed by atoms with Crippen molar-refractivity contribution in [2.75, 3.05) is 7.11 Å². The van der Waals surface area contributed by atoms with Gasteiger partial charge in [-0.2, -0.15) is 0 Å². The lowest BCUT2D eigenvalue weighted by molar-refractivity contribution is -0.130. The van der Waals surface area contributed by atoms with E-state index in [-0.39, 0.29) is 18.1 Å². The number of carbonyl (C=O) groups excluding carboxylic acids is 1. The van der Waals surface area contributed by atoms with Gasteiger partial charge in [-0.1, -0.05) is 32.0 Å². The molecule has 0 bridgehead atoms. The number of ether oxygens (including phenoxy) is 1. The lowest BCUT2D eigenvalue weighted by atomic mass is 10.1. The van der Waals surface area contributed by atoms with Crippen LogP contribution in [0.3, 0.4) is 0 Å². The van der Waals surface area contributed by atoms with Gasteiger partial charge in [0.1, 0.15) is 11.9 Å². The molecule has 1 aliphatic carbocycles. The maximum Gasteiger partial charge on any atom is 0.241 e. The van der Waals surface area contributed by atoms with Crippen molar-refractivity contribution in [2.24, 2.45) is 5.92 Å². The van der Waals surface area contributed by atoms with Crippen LogP contribution in [0.2, 0.25) is 0 Å². The fourth-order valence-electron chi connectivity index (χ4n) is 3.12. The molecule has 1 aromatic carbocycles. The first-order valence-electron chi connectivity index (χ1n) is 7.38. The van der Waals surface area contributed by atoms with Gasteiger partial charge in [-0.05, 0) is 24.8 Å². The molecule has 0 spiro atoms. The minimum Gasteiger partial charge on any atom is -0.496 e. The van der Waals surface area contributed by atoms with Gasteiger partial charge in [-0.3, -0.25) is 10.1 Å². The summed E-state index contributed by atoms with van der Waals surface area (Å²) in [5.74, 6) is 1.68. The molecular weight excluding hydrogens is 252 g/mol. The Kier molecular flexibility index (Phi) is 3.42. The van der Waals surface area contributed by atoms with E-state index in [1.165, 1.54) is 0 Å². The van der Waals surface area contributed by atoms with E-state index in [2.05, 4.69) is 19.2 Å². The third-order valence-electron chi connectivity index (χ3n) is 4.46. The van der Waals surface area contributed by atoms with Gasteiger partial charge < -0.3 is 9.64 Å². The van der Waals surface area contributed by atoms with Crippen LogP contribution in [0.4, 0.5) is 0 Å². The Bertz CT molecular complexity index is 517. The lowest BCUT2D eigenvalue weighted by Gasteiger charge is -2.26. The summed E-state index contributed by atoms with van der Waals surface area (Å²) >= 11 is 0. The van der Waals surface area contributed by atoms with Crippen LogP contribution in [-0.4, -0.2) is 30.0 Å². The van der Waals surface area contributed by atoms with Crippen LogP contribution in [0, 0.1) is 5.92 Å². The van der Waals surface area contributed by atoms with Gasteiger partial charge in [0.25, 0.3) is 0 Å². The molecular formula is C16H22N2O2. The van der Waals surface area contributed by atoms with Gasteiger partial charge in [-0.25, -0.2) is 0 Å². The summed E-state index contributed by atoms with van der Waals surface area (Å²) in [4.78, 5) is 14.6. The highest BCUT2D eigenvalue weighted by molar-refractivity contribution is 5.85. The summed E-state index contributed by atoms with van der Waals surface area (Å²) in [6, 6.07) is 8.26. The molecule has 4 heteroatoms. The van der Waals surface area contributed by atoms with Crippen molar-refractivity contribution in [1.29, 1.82) is 0 Å². The van der Waals surface area contributed by atoms with Gasteiger partial charge in [0.05, 0.1) is 13.2 Å². The first kappa shape index (κ1) is 13.4. The molecule has 4 atom stereocenters. The molecule has 108 valence electrons. The van der Waals surface area contributed by atoms with Crippen molar-refractivity contribution in [2.45, 2.75) is 44.9 Å². The zero-order valence-corrected chi connectivity index (χ0v) is 12.3. The van der Waals surface area contributed by atoms with Crippen molar-refractivity contribution in [3.63, 3.8) is 0 Å². The smallest absolute Gasteiger partial charge is 0.241 e. The van der Waals surface area contributed by atoms with E-state index in [1.54, 1.807) is 7.11 Å². The molecule has 1 saturated carbocycles. The van der Waals surface area contributed by atoms with Crippen molar-refractivity contribution < 1.29 is 9.53 Å². The van der Waals surface area contributed by atoms with Crippen LogP contribution in [0.5, 0.6) is 5.75 Å². The molecule has 2 fully saturated rings. The predicted octanol–water partition coefficient (Wildman–Crippen LogP) is 2.31. The van der Waals surface area contributed by atoms with Crippen LogP contribution in [0.15, 0.2) is 24.3 Å². The van der Waals surface area contributed by atoms with Crippen LogP contribution >= 0.6 is 0 Å². The second kappa shape index (κ2) is 5.09. The zero-order chi connectivity index (χ0) is 14.3. The second-order valence-corrected chi connectivity index (χ2v) is 5.80. The van der Waals surface area contributed by atoms with Crippen molar-refractivity contribution >= 4 is 5.91 Å². The van der Waals surface area contributed by atoms with E-state index in [9.17, 15) is 4.79 Å². The molecule has 20 heavy (non-hydrogen) atoms. The van der Waals surface area contributed by atoms with Crippen LogP contribution < -0.4 is 10.1 Å². The Hall–Kier alpha value is -1.55. The van der Waals surface area contributed by atoms with E-state index >= 15 is 0 Å². The third-order valence-corrected chi connectivity index (χ3v) is 4.46. The number of nitrogens with one attached hydrogen (secondary N) is 1. The number of amides is 1. The molecule has 1 saturated heterocycles. The van der Waals surface area contributed by atoms with Gasteiger partial charge in [0, 0.05) is 11.6 Å². The Balaban J connectivity index is 1.95. The molecule has 2 aliphatic rings. The third kappa shape index (κ3) is 2.08. The first-order chi connectivity index (χ1) is 9.67. The molecule has 3 rings (SSSR count). The lowest BCUT2D eigenvalue weighted by Crippen LogP contribution is -2.34. The summed E-state index contributed by atoms with van der Waals surface area (Å²) in [5.41, 5.74) is 1.05. The fourth-order valence-corrected chi connectivity index (χ4v) is 3.12. The normalized spacial score (nSPS) is 32.5. The highest BCUT2D eigenvalue weighted by atomic mass is 16.5. The van der Waals surface area contributed by atoms with Gasteiger partial charge in [0.15, 0.2) is 0 Å². The standard InChI is InChI=1S/C16H22N2O2/c1-4-12-16(19)18(13-9-10(13)2)15(17-12)11-7-5-6-8-14(11)20-3/h5-8,10,12-13,15,17H,4,9H2,1-3H3. The van der Waals surface area contributed by atoms with E-state index in [0.717, 1.165) is 24.2 Å². The number of rotatable bonds is 4. The number of carbonyl (C=O) groups is 1. The van der Waals surface area contributed by atoms with Gasteiger partial charge in [-0.15, -0.1) is 0 Å². The summed E-state index contributed by atoms with van der Waals surface area (Å²) < 4.78 is 5.46. The molecule has 1 heterocycles. The van der Waals surface area contributed by atoms with Crippen LogP contribution in [-0.2, 0) is 4.79 Å². The second-order valence-electron chi connectivity index (χ2n) is 5.80. The monoisotopic (exact) mass is 274 g/mol. The molecule has 0 aromatic heterocycles. The van der Waals surface area contributed by atoms with Gasteiger partial charge in [0.2, 0.25) is 5.91 Å². The Labute approximate surface area is 120 Å². The summed E-state index contributed by atoms with van der Waals surface area (Å²) in [7, 11) is 1.68. The Morgan fingerprint density at radius 3 is 2.70 bits per heavy atom. The SMILES string of the molecule is CCC1NC(c2ccccc2OC)N(C2CC2C)C1=O. The molecule has 0 radical (unpaired) electrons. The Morgan fingerprint density at radius 1 is 1.40 bits per heavy atom. The molecule has 4 unspecified atom stereocenters. The number of para-hydroxylation sites is 1. The summed E-state index contributed by atoms with van der Waals surface area (Å²) in [6.45, 7) is 4.26. The van der Waals surface area contributed by atoms with Crippen LogP contribution in [0.25, 0.3) is 0 Å². The van der Waals surface area contributed by atoms with E-state index in [4.69, 9.17) is 4.74 Å². The van der Waals surface area contributed by atoms with E-state index in [0.29, 0.717) is 12.0 Å². The number of benzene rings is 1. The maximum atomic E-state index is 12.6. The highest BCUT2D eigenvalue weighted by Gasteiger charge is 2.50. The topological polar surface area (TPSA) is 41.6 Å². The largest absolute Gasteiger partial charge is 0.496 e. The molecule has 1 aliphatic heterocycles. The maximum absolute atomic E-state index is 12.6. The summed E-state index contributed by atoms with van der Waals surface area (Å²) in [6.07, 6.45) is 1.87. The average molecular weight is 274 g/mol. The van der Waals surface area contributed by atoms with Crippen molar-refractivity contribution in [3.8, 4) is 5.75 Å². The van der Waals surface area contributed by atoms with Crippen LogP contribution in [0.1, 0.15) is 38.4 Å². The number of nitrogens with zero attached hydrogens (tertiary/aromatic N) is 1. The average Bonchev–Trinajstić information content (AvgIpc) is 3.09.